The number of carbonyl (C=O) groups excluding carboxylic acids is 1. The van der Waals surface area contributed by atoms with E-state index >= 15 is 0 Å². The molecule has 0 saturated carbocycles. The molecule has 0 bridgehead atoms. The number of hydrogen-bond acceptors (Lipinski definition) is 3. The van der Waals surface area contributed by atoms with Gasteiger partial charge >= 0.3 is 0 Å². The fourth-order valence-electron chi connectivity index (χ4n) is 3.13. The van der Waals surface area contributed by atoms with Gasteiger partial charge in [0.2, 0.25) is 5.91 Å². The fraction of sp³-hybridized carbons (Fsp3) is 0.929. The van der Waals surface area contributed by atoms with Crippen molar-refractivity contribution < 1.29 is 4.79 Å². The first-order chi connectivity index (χ1) is 8.72. The molecule has 18 heavy (non-hydrogen) atoms. The molecule has 2 unspecified atom stereocenters. The Balaban J connectivity index is 1.87. The Kier molecular flexibility index (Phi) is 5.01. The van der Waals surface area contributed by atoms with Crippen molar-refractivity contribution in [1.29, 1.82) is 0 Å². The maximum atomic E-state index is 12.5. The van der Waals surface area contributed by atoms with Crippen molar-refractivity contribution in [3.8, 4) is 0 Å². The first kappa shape index (κ1) is 13.8. The summed E-state index contributed by atoms with van der Waals surface area (Å²) in [4.78, 5) is 16.8. The average molecular weight is 253 g/mol. The number of nitrogens with two attached hydrogens (primary N) is 1. The second-order valence-corrected chi connectivity index (χ2v) is 5.80. The van der Waals surface area contributed by atoms with E-state index < -0.39 is 0 Å². The molecule has 1 amide bonds. The first-order valence-corrected chi connectivity index (χ1v) is 7.45. The molecule has 2 fully saturated rings. The van der Waals surface area contributed by atoms with Crippen LogP contribution >= 0.6 is 0 Å². The van der Waals surface area contributed by atoms with Gasteiger partial charge in [-0.3, -0.25) is 9.69 Å². The highest BCUT2D eigenvalue weighted by Crippen LogP contribution is 2.19. The Bertz CT molecular complexity index is 274. The topological polar surface area (TPSA) is 49.6 Å². The van der Waals surface area contributed by atoms with Crippen molar-refractivity contribution in [3.63, 3.8) is 0 Å². The molecular weight excluding hydrogens is 226 g/mol. The number of amides is 1. The SMILES string of the molecule is CC(C(=O)N1CCC(CN)C1)N1CCCCCC1. The summed E-state index contributed by atoms with van der Waals surface area (Å²) in [7, 11) is 0. The number of hydrogen-bond donors (Lipinski definition) is 1. The van der Waals surface area contributed by atoms with E-state index in [4.69, 9.17) is 5.73 Å². The lowest BCUT2D eigenvalue weighted by Gasteiger charge is -2.30. The van der Waals surface area contributed by atoms with Gasteiger partial charge in [0.1, 0.15) is 0 Å². The summed E-state index contributed by atoms with van der Waals surface area (Å²) in [6.07, 6.45) is 6.19. The van der Waals surface area contributed by atoms with Crippen LogP contribution in [0.3, 0.4) is 0 Å². The molecule has 104 valence electrons. The highest BCUT2D eigenvalue weighted by molar-refractivity contribution is 5.81. The molecule has 2 N–H and O–H groups in total. The number of carbonyl (C=O) groups is 1. The molecule has 2 atom stereocenters. The normalized spacial score (nSPS) is 28.1. The largest absolute Gasteiger partial charge is 0.341 e. The minimum Gasteiger partial charge on any atom is -0.341 e. The van der Waals surface area contributed by atoms with Crippen molar-refractivity contribution in [3.05, 3.63) is 0 Å². The minimum atomic E-state index is 0.0552. The van der Waals surface area contributed by atoms with Gasteiger partial charge in [0, 0.05) is 13.1 Å². The van der Waals surface area contributed by atoms with Gasteiger partial charge in [0.15, 0.2) is 0 Å². The summed E-state index contributed by atoms with van der Waals surface area (Å²) in [5.74, 6) is 0.832. The second-order valence-electron chi connectivity index (χ2n) is 5.80. The lowest BCUT2D eigenvalue weighted by atomic mass is 10.1. The van der Waals surface area contributed by atoms with Crippen molar-refractivity contribution >= 4 is 5.91 Å². The molecule has 2 heterocycles. The van der Waals surface area contributed by atoms with E-state index in [1.54, 1.807) is 0 Å². The summed E-state index contributed by atoms with van der Waals surface area (Å²) < 4.78 is 0. The van der Waals surface area contributed by atoms with Gasteiger partial charge in [-0.05, 0) is 51.7 Å². The van der Waals surface area contributed by atoms with Gasteiger partial charge in [-0.15, -0.1) is 0 Å². The van der Waals surface area contributed by atoms with Crippen LogP contribution in [0.1, 0.15) is 39.0 Å². The molecule has 2 saturated heterocycles. The molecule has 4 heteroatoms. The Hall–Kier alpha value is -0.610. The summed E-state index contributed by atoms with van der Waals surface area (Å²) in [5, 5.41) is 0. The molecule has 0 radical (unpaired) electrons. The van der Waals surface area contributed by atoms with Crippen LogP contribution in [0.2, 0.25) is 0 Å². The predicted molar refractivity (Wildman–Crippen MR) is 73.2 cm³/mol. The molecule has 0 aromatic heterocycles. The van der Waals surface area contributed by atoms with E-state index in [-0.39, 0.29) is 6.04 Å². The summed E-state index contributed by atoms with van der Waals surface area (Å²) in [5.41, 5.74) is 5.69. The Morgan fingerprint density at radius 3 is 2.44 bits per heavy atom. The van der Waals surface area contributed by atoms with E-state index in [0.29, 0.717) is 18.4 Å². The van der Waals surface area contributed by atoms with Gasteiger partial charge in [-0.2, -0.15) is 0 Å². The Labute approximate surface area is 110 Å². The van der Waals surface area contributed by atoms with Crippen molar-refractivity contribution in [2.24, 2.45) is 11.7 Å². The van der Waals surface area contributed by atoms with Crippen molar-refractivity contribution in [2.45, 2.75) is 45.1 Å². The van der Waals surface area contributed by atoms with Gasteiger partial charge < -0.3 is 10.6 Å². The van der Waals surface area contributed by atoms with Crippen LogP contribution in [-0.2, 0) is 4.79 Å². The molecular formula is C14H27N3O. The van der Waals surface area contributed by atoms with Crippen LogP contribution in [-0.4, -0.2) is 54.5 Å². The standard InChI is InChI=1S/C14H27N3O/c1-12(16-7-4-2-3-5-8-16)14(18)17-9-6-13(10-15)11-17/h12-13H,2-11,15H2,1H3. The number of likely N-dealkylation sites (tertiary alicyclic amines) is 2. The summed E-state index contributed by atoms with van der Waals surface area (Å²) in [6.45, 7) is 6.72. The van der Waals surface area contributed by atoms with Gasteiger partial charge in [-0.1, -0.05) is 12.8 Å². The van der Waals surface area contributed by atoms with Gasteiger partial charge in [0.05, 0.1) is 6.04 Å². The van der Waals surface area contributed by atoms with Gasteiger partial charge in [-0.25, -0.2) is 0 Å². The Morgan fingerprint density at radius 2 is 1.89 bits per heavy atom. The quantitative estimate of drug-likeness (QED) is 0.818. The fourth-order valence-corrected chi connectivity index (χ4v) is 3.13. The molecule has 0 spiro atoms. The molecule has 0 aliphatic carbocycles. The minimum absolute atomic E-state index is 0.0552. The van der Waals surface area contributed by atoms with Crippen LogP contribution in [0.4, 0.5) is 0 Å². The maximum absolute atomic E-state index is 12.5. The van der Waals surface area contributed by atoms with Crippen molar-refractivity contribution in [2.75, 3.05) is 32.7 Å². The third kappa shape index (κ3) is 3.23. The predicted octanol–water partition coefficient (Wildman–Crippen LogP) is 1.06. The molecule has 4 nitrogen and oxygen atoms in total. The highest BCUT2D eigenvalue weighted by Gasteiger charge is 2.31. The van der Waals surface area contributed by atoms with E-state index in [2.05, 4.69) is 11.8 Å². The van der Waals surface area contributed by atoms with Crippen LogP contribution in [0.15, 0.2) is 0 Å². The van der Waals surface area contributed by atoms with Crippen LogP contribution < -0.4 is 5.73 Å². The monoisotopic (exact) mass is 253 g/mol. The zero-order valence-electron chi connectivity index (χ0n) is 11.6. The molecule has 2 aliphatic rings. The average Bonchev–Trinajstić information content (AvgIpc) is 2.71. The van der Waals surface area contributed by atoms with E-state index in [9.17, 15) is 4.79 Å². The molecule has 2 aliphatic heterocycles. The zero-order valence-corrected chi connectivity index (χ0v) is 11.6. The van der Waals surface area contributed by atoms with E-state index in [1.165, 1.54) is 25.7 Å². The highest BCUT2D eigenvalue weighted by atomic mass is 16.2. The molecule has 0 aromatic rings. The molecule has 0 aromatic carbocycles. The van der Waals surface area contributed by atoms with E-state index in [1.807, 2.05) is 4.90 Å². The Morgan fingerprint density at radius 1 is 1.22 bits per heavy atom. The lowest BCUT2D eigenvalue weighted by Crippen LogP contribution is -2.46. The van der Waals surface area contributed by atoms with Crippen LogP contribution in [0.5, 0.6) is 0 Å². The third-order valence-electron chi connectivity index (χ3n) is 4.48. The molecule has 2 rings (SSSR count). The van der Waals surface area contributed by atoms with Gasteiger partial charge in [0.25, 0.3) is 0 Å². The summed E-state index contributed by atoms with van der Waals surface area (Å²) >= 11 is 0. The number of rotatable bonds is 3. The third-order valence-corrected chi connectivity index (χ3v) is 4.48. The lowest BCUT2D eigenvalue weighted by molar-refractivity contribution is -0.135. The number of nitrogens with zero attached hydrogens (tertiary/aromatic N) is 2. The van der Waals surface area contributed by atoms with Crippen molar-refractivity contribution in [1.82, 2.24) is 9.80 Å². The maximum Gasteiger partial charge on any atom is 0.239 e. The zero-order chi connectivity index (χ0) is 13.0. The van der Waals surface area contributed by atoms with E-state index in [0.717, 1.165) is 32.6 Å². The van der Waals surface area contributed by atoms with Crippen LogP contribution in [0.25, 0.3) is 0 Å². The summed E-state index contributed by atoms with van der Waals surface area (Å²) in [6, 6.07) is 0.0552. The first-order valence-electron chi connectivity index (χ1n) is 7.45. The van der Waals surface area contributed by atoms with Crippen LogP contribution in [0, 0.1) is 5.92 Å². The second kappa shape index (κ2) is 6.53. The smallest absolute Gasteiger partial charge is 0.239 e.